The molecule has 1 saturated heterocycles. The summed E-state index contributed by atoms with van der Waals surface area (Å²) in [5, 5.41) is 8.82. The van der Waals surface area contributed by atoms with Crippen molar-refractivity contribution in [3.8, 4) is 0 Å². The van der Waals surface area contributed by atoms with Crippen molar-refractivity contribution in [3.63, 3.8) is 0 Å². The highest BCUT2D eigenvalue weighted by molar-refractivity contribution is 5.82. The number of nitrogens with zero attached hydrogens (tertiary/aromatic N) is 2. The molecule has 0 bridgehead atoms. The SMILES string of the molecule is CC1CNCC[C@@H]1C(=O)N1N=CCC1c1cc(F)cc(F)c1. The van der Waals surface area contributed by atoms with Crippen molar-refractivity contribution in [1.29, 1.82) is 0 Å². The number of hydrogen-bond donors (Lipinski definition) is 1. The zero-order valence-electron chi connectivity index (χ0n) is 12.4. The Balaban J connectivity index is 1.83. The van der Waals surface area contributed by atoms with Crippen LogP contribution in [0.4, 0.5) is 8.78 Å². The minimum Gasteiger partial charge on any atom is -0.316 e. The molecule has 4 nitrogen and oxygen atoms in total. The van der Waals surface area contributed by atoms with Gasteiger partial charge >= 0.3 is 0 Å². The van der Waals surface area contributed by atoms with E-state index in [1.807, 2.05) is 6.92 Å². The van der Waals surface area contributed by atoms with E-state index in [2.05, 4.69) is 10.4 Å². The van der Waals surface area contributed by atoms with E-state index in [4.69, 9.17) is 0 Å². The van der Waals surface area contributed by atoms with Crippen LogP contribution in [0.1, 0.15) is 31.4 Å². The molecule has 6 heteroatoms. The number of benzene rings is 1. The van der Waals surface area contributed by atoms with E-state index >= 15 is 0 Å². The van der Waals surface area contributed by atoms with Gasteiger partial charge < -0.3 is 5.32 Å². The maximum absolute atomic E-state index is 13.4. The lowest BCUT2D eigenvalue weighted by molar-refractivity contribution is -0.139. The molecular weight excluding hydrogens is 288 g/mol. The average molecular weight is 307 g/mol. The van der Waals surface area contributed by atoms with Crippen molar-refractivity contribution in [1.82, 2.24) is 10.3 Å². The minimum absolute atomic E-state index is 0.0579. The van der Waals surface area contributed by atoms with Gasteiger partial charge in [-0.3, -0.25) is 4.79 Å². The smallest absolute Gasteiger partial charge is 0.246 e. The van der Waals surface area contributed by atoms with Gasteiger partial charge in [-0.25, -0.2) is 13.8 Å². The van der Waals surface area contributed by atoms with Crippen LogP contribution in [0.25, 0.3) is 0 Å². The maximum atomic E-state index is 13.4. The molecule has 0 spiro atoms. The van der Waals surface area contributed by atoms with Gasteiger partial charge in [0.05, 0.1) is 6.04 Å². The van der Waals surface area contributed by atoms with Crippen molar-refractivity contribution in [2.75, 3.05) is 13.1 Å². The van der Waals surface area contributed by atoms with Crippen LogP contribution in [-0.4, -0.2) is 30.2 Å². The molecule has 0 radical (unpaired) electrons. The number of rotatable bonds is 2. The van der Waals surface area contributed by atoms with Crippen molar-refractivity contribution < 1.29 is 13.6 Å². The molecule has 3 atom stereocenters. The Morgan fingerprint density at radius 3 is 2.73 bits per heavy atom. The van der Waals surface area contributed by atoms with E-state index in [1.54, 1.807) is 6.21 Å². The standard InChI is InChI=1S/C16H19F2N3O/c1-10-9-19-4-2-14(10)16(22)21-15(3-5-20-21)11-6-12(17)8-13(18)7-11/h5-8,10,14-15,19H,2-4,9H2,1H3/t10?,14-,15?/m0/s1. The lowest BCUT2D eigenvalue weighted by atomic mass is 9.86. The Kier molecular flexibility index (Phi) is 4.20. The molecule has 1 aromatic rings. The fourth-order valence-electron chi connectivity index (χ4n) is 3.22. The molecular formula is C16H19F2N3O. The average Bonchev–Trinajstić information content (AvgIpc) is 2.95. The Morgan fingerprint density at radius 2 is 2.05 bits per heavy atom. The Labute approximate surface area is 128 Å². The summed E-state index contributed by atoms with van der Waals surface area (Å²) in [4.78, 5) is 12.8. The van der Waals surface area contributed by atoms with Gasteiger partial charge in [-0.1, -0.05) is 6.92 Å². The topological polar surface area (TPSA) is 44.7 Å². The van der Waals surface area contributed by atoms with Gasteiger partial charge in [-0.2, -0.15) is 5.10 Å². The predicted molar refractivity (Wildman–Crippen MR) is 79.2 cm³/mol. The summed E-state index contributed by atoms with van der Waals surface area (Å²) in [6, 6.07) is 2.96. The molecule has 22 heavy (non-hydrogen) atoms. The summed E-state index contributed by atoms with van der Waals surface area (Å²) < 4.78 is 26.9. The second-order valence-corrected chi connectivity index (χ2v) is 6.01. The summed E-state index contributed by atoms with van der Waals surface area (Å²) in [6.07, 6.45) is 2.88. The monoisotopic (exact) mass is 307 g/mol. The summed E-state index contributed by atoms with van der Waals surface area (Å²) in [5.74, 6) is -1.20. The van der Waals surface area contributed by atoms with Gasteiger partial charge in [-0.05, 0) is 43.1 Å². The fourth-order valence-corrected chi connectivity index (χ4v) is 3.22. The first-order chi connectivity index (χ1) is 10.6. The van der Waals surface area contributed by atoms with Gasteiger partial charge in [0.1, 0.15) is 11.6 Å². The second kappa shape index (κ2) is 6.12. The van der Waals surface area contributed by atoms with E-state index in [-0.39, 0.29) is 17.7 Å². The van der Waals surface area contributed by atoms with Crippen molar-refractivity contribution in [2.45, 2.75) is 25.8 Å². The van der Waals surface area contributed by atoms with Crippen LogP contribution >= 0.6 is 0 Å². The Morgan fingerprint density at radius 1 is 1.32 bits per heavy atom. The van der Waals surface area contributed by atoms with Crippen LogP contribution < -0.4 is 5.32 Å². The molecule has 0 aliphatic carbocycles. The van der Waals surface area contributed by atoms with E-state index in [0.717, 1.165) is 25.6 Å². The summed E-state index contributed by atoms with van der Waals surface area (Å²) in [6.45, 7) is 3.64. The van der Waals surface area contributed by atoms with Crippen LogP contribution in [0, 0.1) is 23.5 Å². The normalized spacial score (nSPS) is 28.1. The van der Waals surface area contributed by atoms with Crippen molar-refractivity contribution >= 4 is 12.1 Å². The first kappa shape index (κ1) is 15.1. The third-order valence-corrected chi connectivity index (χ3v) is 4.43. The third kappa shape index (κ3) is 2.88. The number of amides is 1. The predicted octanol–water partition coefficient (Wildman–Crippen LogP) is 2.47. The summed E-state index contributed by atoms with van der Waals surface area (Å²) in [7, 11) is 0. The minimum atomic E-state index is -0.635. The van der Waals surface area contributed by atoms with Crippen molar-refractivity contribution in [2.24, 2.45) is 16.9 Å². The number of nitrogens with one attached hydrogen (secondary N) is 1. The molecule has 1 fully saturated rings. The zero-order chi connectivity index (χ0) is 15.7. The van der Waals surface area contributed by atoms with Crippen LogP contribution in [0.5, 0.6) is 0 Å². The van der Waals surface area contributed by atoms with E-state index in [0.29, 0.717) is 12.0 Å². The molecule has 1 aromatic carbocycles. The van der Waals surface area contributed by atoms with Gasteiger partial charge in [0.2, 0.25) is 5.91 Å². The molecule has 2 aliphatic heterocycles. The lowest BCUT2D eigenvalue weighted by Crippen LogP contribution is -2.43. The number of piperidine rings is 1. The number of hydrogen-bond acceptors (Lipinski definition) is 3. The quantitative estimate of drug-likeness (QED) is 0.912. The number of halogens is 2. The van der Waals surface area contributed by atoms with E-state index < -0.39 is 17.7 Å². The number of carbonyl (C=O) groups is 1. The van der Waals surface area contributed by atoms with E-state index in [1.165, 1.54) is 17.1 Å². The Bertz CT molecular complexity index is 585. The molecule has 2 unspecified atom stereocenters. The van der Waals surface area contributed by atoms with E-state index in [9.17, 15) is 13.6 Å². The highest BCUT2D eigenvalue weighted by Gasteiger charge is 2.36. The molecule has 2 aliphatic rings. The summed E-state index contributed by atoms with van der Waals surface area (Å²) in [5.41, 5.74) is 0.449. The van der Waals surface area contributed by atoms with Gasteiger partial charge in [-0.15, -0.1) is 0 Å². The third-order valence-electron chi connectivity index (χ3n) is 4.43. The fraction of sp³-hybridized carbons (Fsp3) is 0.500. The van der Waals surface area contributed by atoms with Gasteiger partial charge in [0, 0.05) is 24.6 Å². The van der Waals surface area contributed by atoms with Gasteiger partial charge in [0.15, 0.2) is 0 Å². The lowest BCUT2D eigenvalue weighted by Gasteiger charge is -2.32. The molecule has 3 rings (SSSR count). The molecule has 2 heterocycles. The zero-order valence-corrected chi connectivity index (χ0v) is 12.4. The number of hydrazone groups is 1. The maximum Gasteiger partial charge on any atom is 0.246 e. The first-order valence-electron chi connectivity index (χ1n) is 7.58. The number of carbonyl (C=O) groups excluding carboxylic acids is 1. The molecule has 0 aromatic heterocycles. The highest BCUT2D eigenvalue weighted by atomic mass is 19.1. The second-order valence-electron chi connectivity index (χ2n) is 6.01. The largest absolute Gasteiger partial charge is 0.316 e. The molecule has 1 amide bonds. The van der Waals surface area contributed by atoms with Crippen LogP contribution in [0.2, 0.25) is 0 Å². The Hall–Kier alpha value is -1.82. The first-order valence-corrected chi connectivity index (χ1v) is 7.58. The van der Waals surface area contributed by atoms with Crippen LogP contribution in [0.15, 0.2) is 23.3 Å². The van der Waals surface area contributed by atoms with Gasteiger partial charge in [0.25, 0.3) is 0 Å². The van der Waals surface area contributed by atoms with Crippen LogP contribution in [-0.2, 0) is 4.79 Å². The molecule has 0 saturated carbocycles. The molecule has 118 valence electrons. The highest BCUT2D eigenvalue weighted by Crippen LogP contribution is 2.33. The van der Waals surface area contributed by atoms with Crippen molar-refractivity contribution in [3.05, 3.63) is 35.4 Å². The molecule has 1 N–H and O–H groups in total. The summed E-state index contributed by atoms with van der Waals surface area (Å²) >= 11 is 0. The van der Waals surface area contributed by atoms with Crippen LogP contribution in [0.3, 0.4) is 0 Å².